The molecule has 0 unspecified atom stereocenters. The molecule has 1 amide bonds. The van der Waals surface area contributed by atoms with Gasteiger partial charge in [0.15, 0.2) is 0 Å². The average Bonchev–Trinajstić information content (AvgIpc) is 3.28. The van der Waals surface area contributed by atoms with Crippen molar-refractivity contribution in [2.24, 2.45) is 0 Å². The number of pyridine rings is 1. The molecule has 0 saturated carbocycles. The number of likely N-dealkylation sites (N-methyl/N-ethyl adjacent to an activating group) is 1. The highest BCUT2D eigenvalue weighted by Crippen LogP contribution is 2.35. The number of aromatic nitrogens is 1. The van der Waals surface area contributed by atoms with Crippen LogP contribution in [0.1, 0.15) is 16.8 Å². The highest BCUT2D eigenvalue weighted by Gasteiger charge is 2.19. The highest BCUT2D eigenvalue weighted by atomic mass is 35.5. The number of aryl methyl sites for hydroxylation is 1. The predicted molar refractivity (Wildman–Crippen MR) is 137 cm³/mol. The van der Waals surface area contributed by atoms with Gasteiger partial charge >= 0.3 is 5.63 Å². The quantitative estimate of drug-likeness (QED) is 0.283. The van der Waals surface area contributed by atoms with Crippen molar-refractivity contribution in [1.82, 2.24) is 9.88 Å². The van der Waals surface area contributed by atoms with Crippen LogP contribution in [0.5, 0.6) is 0 Å². The van der Waals surface area contributed by atoms with Crippen molar-refractivity contribution in [2.45, 2.75) is 19.8 Å². The maximum Gasteiger partial charge on any atom is 0.340 e. The zero-order valence-corrected chi connectivity index (χ0v) is 20.1. The average molecular weight is 487 g/mol. The normalized spacial score (nSPS) is 11.3. The van der Waals surface area contributed by atoms with Crippen LogP contribution in [0.25, 0.3) is 33.1 Å². The number of fused-ring (bicyclic) bond motifs is 2. The minimum atomic E-state index is -0.509. The van der Waals surface area contributed by atoms with E-state index in [1.807, 2.05) is 55.5 Å². The largest absolute Gasteiger partial charge is 0.464 e. The molecule has 0 saturated heterocycles. The number of amides is 1. The SMILES string of the molecule is Cc1c(CC(=O)N(C)CCc2ccccn2)c(=O)oc2cc3occ(-c4ccc(Cl)cc4)c3cc12. The van der Waals surface area contributed by atoms with E-state index in [4.69, 9.17) is 20.4 Å². The number of hydrogen-bond donors (Lipinski definition) is 0. The Kier molecular flexibility index (Phi) is 6.14. The molecule has 7 heteroatoms. The Morgan fingerprint density at radius 1 is 1.06 bits per heavy atom. The third kappa shape index (κ3) is 4.57. The Balaban J connectivity index is 1.46. The fourth-order valence-electron chi connectivity index (χ4n) is 4.21. The number of nitrogens with zero attached hydrogens (tertiary/aromatic N) is 2. The molecule has 0 fully saturated rings. The van der Waals surface area contributed by atoms with Crippen LogP contribution in [0.15, 0.2) is 80.7 Å². The fraction of sp³-hybridized carbons (Fsp3) is 0.179. The van der Waals surface area contributed by atoms with Gasteiger partial charge < -0.3 is 13.7 Å². The van der Waals surface area contributed by atoms with Crippen molar-refractivity contribution < 1.29 is 13.6 Å². The smallest absolute Gasteiger partial charge is 0.340 e. The van der Waals surface area contributed by atoms with Gasteiger partial charge in [-0.2, -0.15) is 0 Å². The van der Waals surface area contributed by atoms with Crippen LogP contribution in [-0.4, -0.2) is 29.4 Å². The molecule has 0 spiro atoms. The van der Waals surface area contributed by atoms with Gasteiger partial charge in [-0.1, -0.05) is 29.8 Å². The molecule has 5 aromatic rings. The molecule has 176 valence electrons. The van der Waals surface area contributed by atoms with Gasteiger partial charge in [0.2, 0.25) is 5.91 Å². The molecule has 0 aliphatic rings. The Hall–Kier alpha value is -3.90. The van der Waals surface area contributed by atoms with E-state index in [1.54, 1.807) is 30.5 Å². The van der Waals surface area contributed by atoms with E-state index in [9.17, 15) is 9.59 Å². The van der Waals surface area contributed by atoms with Gasteiger partial charge in [0, 0.05) is 59.3 Å². The lowest BCUT2D eigenvalue weighted by atomic mass is 9.99. The molecule has 0 bridgehead atoms. The zero-order valence-electron chi connectivity index (χ0n) is 19.4. The predicted octanol–water partition coefficient (Wildman–Crippen LogP) is 5.81. The minimum absolute atomic E-state index is 0.0315. The molecule has 3 heterocycles. The van der Waals surface area contributed by atoms with E-state index < -0.39 is 5.63 Å². The van der Waals surface area contributed by atoms with Gasteiger partial charge in [-0.3, -0.25) is 9.78 Å². The van der Waals surface area contributed by atoms with E-state index in [-0.39, 0.29) is 12.3 Å². The summed E-state index contributed by atoms with van der Waals surface area (Å²) in [5.41, 5.74) is 4.42. The summed E-state index contributed by atoms with van der Waals surface area (Å²) in [6.07, 6.45) is 4.02. The first kappa shape index (κ1) is 22.9. The third-order valence-corrected chi connectivity index (χ3v) is 6.57. The van der Waals surface area contributed by atoms with Crippen LogP contribution in [0.4, 0.5) is 0 Å². The maximum atomic E-state index is 12.9. The van der Waals surface area contributed by atoms with Crippen LogP contribution in [0.2, 0.25) is 5.02 Å². The molecule has 5 rings (SSSR count). The first-order valence-corrected chi connectivity index (χ1v) is 11.7. The molecule has 0 N–H and O–H groups in total. The summed E-state index contributed by atoms with van der Waals surface area (Å²) in [5, 5.41) is 2.32. The Morgan fingerprint density at radius 2 is 1.86 bits per heavy atom. The van der Waals surface area contributed by atoms with E-state index in [0.717, 1.165) is 33.2 Å². The van der Waals surface area contributed by atoms with Crippen molar-refractivity contribution in [3.8, 4) is 11.1 Å². The summed E-state index contributed by atoms with van der Waals surface area (Å²) in [7, 11) is 1.73. The number of carbonyl (C=O) groups is 1. The molecular formula is C28H23ClN2O4. The minimum Gasteiger partial charge on any atom is -0.464 e. The van der Waals surface area contributed by atoms with E-state index in [0.29, 0.717) is 34.7 Å². The molecule has 2 aromatic carbocycles. The summed E-state index contributed by atoms with van der Waals surface area (Å²) in [5.74, 6) is -0.151. The summed E-state index contributed by atoms with van der Waals surface area (Å²) in [4.78, 5) is 31.6. The molecule has 0 aliphatic carbocycles. The van der Waals surface area contributed by atoms with E-state index >= 15 is 0 Å². The molecule has 35 heavy (non-hydrogen) atoms. The van der Waals surface area contributed by atoms with Crippen LogP contribution < -0.4 is 5.63 Å². The first-order valence-electron chi connectivity index (χ1n) is 11.3. The molecule has 0 atom stereocenters. The van der Waals surface area contributed by atoms with Gasteiger partial charge in [0.1, 0.15) is 11.2 Å². The number of hydrogen-bond acceptors (Lipinski definition) is 5. The molecule has 0 radical (unpaired) electrons. The Morgan fingerprint density at radius 3 is 2.60 bits per heavy atom. The van der Waals surface area contributed by atoms with E-state index in [2.05, 4.69) is 4.98 Å². The second kappa shape index (κ2) is 9.39. The van der Waals surface area contributed by atoms with Crippen LogP contribution in [-0.2, 0) is 17.6 Å². The second-order valence-electron chi connectivity index (χ2n) is 8.56. The van der Waals surface area contributed by atoms with Crippen molar-refractivity contribution in [3.63, 3.8) is 0 Å². The lowest BCUT2D eigenvalue weighted by Gasteiger charge is -2.17. The zero-order chi connectivity index (χ0) is 24.5. The summed E-state index contributed by atoms with van der Waals surface area (Å²) in [6.45, 7) is 2.36. The highest BCUT2D eigenvalue weighted by molar-refractivity contribution is 6.30. The molecule has 6 nitrogen and oxygen atoms in total. The molecular weight excluding hydrogens is 464 g/mol. The van der Waals surface area contributed by atoms with Gasteiger partial charge in [-0.15, -0.1) is 0 Å². The van der Waals surface area contributed by atoms with Crippen LogP contribution in [0, 0.1) is 6.92 Å². The summed E-state index contributed by atoms with van der Waals surface area (Å²) in [6, 6.07) is 16.9. The standard InChI is InChI=1S/C28H23ClN2O4/c1-17-21-13-23-24(18-6-8-19(29)9-7-18)16-34-25(23)15-26(21)35-28(33)22(17)14-27(32)31(2)12-10-20-5-3-4-11-30-20/h3-9,11,13,15-16H,10,12,14H2,1-2H3. The third-order valence-electron chi connectivity index (χ3n) is 6.32. The van der Waals surface area contributed by atoms with Crippen molar-refractivity contribution in [3.05, 3.63) is 99.3 Å². The second-order valence-corrected chi connectivity index (χ2v) is 8.99. The Bertz CT molecular complexity index is 1590. The van der Waals surface area contributed by atoms with E-state index in [1.165, 1.54) is 0 Å². The van der Waals surface area contributed by atoms with Crippen molar-refractivity contribution in [1.29, 1.82) is 0 Å². The van der Waals surface area contributed by atoms with Crippen LogP contribution in [0.3, 0.4) is 0 Å². The van der Waals surface area contributed by atoms with Gasteiger partial charge in [0.25, 0.3) is 0 Å². The first-order chi connectivity index (χ1) is 16.9. The monoisotopic (exact) mass is 486 g/mol. The summed E-state index contributed by atoms with van der Waals surface area (Å²) < 4.78 is 11.4. The number of carbonyl (C=O) groups excluding carboxylic acids is 1. The summed E-state index contributed by atoms with van der Waals surface area (Å²) >= 11 is 6.04. The maximum absolute atomic E-state index is 12.9. The molecule has 0 aliphatic heterocycles. The number of halogens is 1. The Labute approximate surface area is 206 Å². The topological polar surface area (TPSA) is 76.6 Å². The van der Waals surface area contributed by atoms with Gasteiger partial charge in [-0.05, 0) is 48.4 Å². The molecule has 3 aromatic heterocycles. The fourth-order valence-corrected chi connectivity index (χ4v) is 4.33. The lowest BCUT2D eigenvalue weighted by Crippen LogP contribution is -2.32. The van der Waals surface area contributed by atoms with Crippen LogP contribution >= 0.6 is 11.6 Å². The number of furan rings is 1. The van der Waals surface area contributed by atoms with Crippen molar-refractivity contribution >= 4 is 39.4 Å². The number of benzene rings is 2. The lowest BCUT2D eigenvalue weighted by molar-refractivity contribution is -0.129. The van der Waals surface area contributed by atoms with Crippen molar-refractivity contribution in [2.75, 3.05) is 13.6 Å². The number of rotatable bonds is 6. The van der Waals surface area contributed by atoms with Gasteiger partial charge in [-0.25, -0.2) is 4.79 Å². The van der Waals surface area contributed by atoms with Gasteiger partial charge in [0.05, 0.1) is 18.2 Å².